The summed E-state index contributed by atoms with van der Waals surface area (Å²) >= 11 is 0. The SMILES string of the molecule is Cc1nc(N)c(C)c(N(C)CC2(O)CCOCC2)n1. The van der Waals surface area contributed by atoms with Crippen LogP contribution >= 0.6 is 0 Å². The molecule has 19 heavy (non-hydrogen) atoms. The van der Waals surface area contributed by atoms with Crippen LogP contribution in [0.25, 0.3) is 0 Å². The van der Waals surface area contributed by atoms with Crippen LogP contribution < -0.4 is 10.6 Å². The highest BCUT2D eigenvalue weighted by molar-refractivity contribution is 5.56. The molecule has 0 aliphatic carbocycles. The molecule has 1 aliphatic heterocycles. The van der Waals surface area contributed by atoms with Gasteiger partial charge in [-0.1, -0.05) is 0 Å². The highest BCUT2D eigenvalue weighted by Gasteiger charge is 2.32. The molecular formula is C13H22N4O2. The lowest BCUT2D eigenvalue weighted by molar-refractivity contribution is -0.0573. The van der Waals surface area contributed by atoms with Crippen molar-refractivity contribution in [3.05, 3.63) is 11.4 Å². The number of nitrogen functional groups attached to an aromatic ring is 1. The first-order valence-electron chi connectivity index (χ1n) is 6.53. The largest absolute Gasteiger partial charge is 0.388 e. The Morgan fingerprint density at radius 2 is 1.95 bits per heavy atom. The van der Waals surface area contributed by atoms with Crippen molar-refractivity contribution in [2.24, 2.45) is 0 Å². The number of rotatable bonds is 3. The summed E-state index contributed by atoms with van der Waals surface area (Å²) < 4.78 is 5.29. The third-order valence-electron chi connectivity index (χ3n) is 3.59. The Bertz CT molecular complexity index is 458. The summed E-state index contributed by atoms with van der Waals surface area (Å²) in [5, 5.41) is 10.5. The smallest absolute Gasteiger partial charge is 0.137 e. The van der Waals surface area contributed by atoms with Crippen molar-refractivity contribution in [1.82, 2.24) is 9.97 Å². The van der Waals surface area contributed by atoms with E-state index in [1.54, 1.807) is 0 Å². The molecule has 0 bridgehead atoms. The molecule has 0 saturated carbocycles. The highest BCUT2D eigenvalue weighted by Crippen LogP contribution is 2.26. The molecule has 106 valence electrons. The molecule has 0 spiro atoms. The highest BCUT2D eigenvalue weighted by atomic mass is 16.5. The molecule has 1 fully saturated rings. The molecule has 1 aliphatic rings. The molecule has 0 radical (unpaired) electrons. The van der Waals surface area contributed by atoms with Crippen molar-refractivity contribution in [1.29, 1.82) is 0 Å². The predicted molar refractivity (Wildman–Crippen MR) is 74.2 cm³/mol. The van der Waals surface area contributed by atoms with E-state index in [2.05, 4.69) is 9.97 Å². The maximum Gasteiger partial charge on any atom is 0.137 e. The summed E-state index contributed by atoms with van der Waals surface area (Å²) in [6, 6.07) is 0. The van der Waals surface area contributed by atoms with E-state index < -0.39 is 5.60 Å². The first kappa shape index (κ1) is 14.0. The first-order valence-corrected chi connectivity index (χ1v) is 6.53. The van der Waals surface area contributed by atoms with E-state index in [1.165, 1.54) is 0 Å². The van der Waals surface area contributed by atoms with Crippen LogP contribution in [0.2, 0.25) is 0 Å². The van der Waals surface area contributed by atoms with Gasteiger partial charge in [0, 0.05) is 45.2 Å². The molecule has 2 heterocycles. The minimum absolute atomic E-state index is 0.494. The maximum absolute atomic E-state index is 10.5. The lowest BCUT2D eigenvalue weighted by Gasteiger charge is -2.36. The summed E-state index contributed by atoms with van der Waals surface area (Å²) in [5.74, 6) is 1.92. The van der Waals surface area contributed by atoms with Crippen molar-refractivity contribution in [2.75, 3.05) is 37.4 Å². The third kappa shape index (κ3) is 3.13. The summed E-state index contributed by atoms with van der Waals surface area (Å²) in [4.78, 5) is 10.5. The molecule has 1 aromatic rings. The van der Waals surface area contributed by atoms with Crippen molar-refractivity contribution < 1.29 is 9.84 Å². The van der Waals surface area contributed by atoms with Gasteiger partial charge in [0.2, 0.25) is 0 Å². The number of nitrogens with two attached hydrogens (primary N) is 1. The van der Waals surface area contributed by atoms with E-state index in [4.69, 9.17) is 10.5 Å². The Balaban J connectivity index is 2.17. The van der Waals surface area contributed by atoms with Crippen LogP contribution in [0, 0.1) is 13.8 Å². The van der Waals surface area contributed by atoms with E-state index >= 15 is 0 Å². The number of hydrogen-bond acceptors (Lipinski definition) is 6. The molecule has 2 rings (SSSR count). The Hall–Kier alpha value is -1.40. The van der Waals surface area contributed by atoms with Crippen molar-refractivity contribution >= 4 is 11.6 Å². The second kappa shape index (κ2) is 5.30. The summed E-state index contributed by atoms with van der Waals surface area (Å²) in [6.07, 6.45) is 1.30. The zero-order chi connectivity index (χ0) is 14.0. The monoisotopic (exact) mass is 266 g/mol. The standard InChI is InChI=1S/C13H22N4O2/c1-9-11(14)15-10(2)16-12(9)17(3)8-13(18)4-6-19-7-5-13/h18H,4-8H2,1-3H3,(H2,14,15,16). The minimum Gasteiger partial charge on any atom is -0.388 e. The van der Waals surface area contributed by atoms with Gasteiger partial charge in [-0.2, -0.15) is 0 Å². The van der Waals surface area contributed by atoms with Crippen molar-refractivity contribution in [3.63, 3.8) is 0 Å². The second-order valence-corrected chi connectivity index (χ2v) is 5.30. The molecule has 0 unspecified atom stereocenters. The summed E-state index contributed by atoms with van der Waals surface area (Å²) in [5.41, 5.74) is 6.00. The average molecular weight is 266 g/mol. The van der Waals surface area contributed by atoms with Gasteiger partial charge in [-0.3, -0.25) is 0 Å². The van der Waals surface area contributed by atoms with Gasteiger partial charge in [0.15, 0.2) is 0 Å². The number of hydrogen-bond donors (Lipinski definition) is 2. The van der Waals surface area contributed by atoms with Crippen LogP contribution in [0.5, 0.6) is 0 Å². The van der Waals surface area contributed by atoms with Gasteiger partial charge < -0.3 is 20.5 Å². The number of aromatic nitrogens is 2. The molecule has 6 nitrogen and oxygen atoms in total. The van der Waals surface area contributed by atoms with Crippen molar-refractivity contribution in [3.8, 4) is 0 Å². The Labute approximate surface area is 113 Å². The zero-order valence-corrected chi connectivity index (χ0v) is 11.8. The van der Waals surface area contributed by atoms with Crippen LogP contribution in [0.1, 0.15) is 24.2 Å². The lowest BCUT2D eigenvalue weighted by atomic mass is 9.94. The number of nitrogens with zero attached hydrogens (tertiary/aromatic N) is 3. The number of ether oxygens (including phenoxy) is 1. The number of anilines is 2. The van der Waals surface area contributed by atoms with E-state index in [9.17, 15) is 5.11 Å². The van der Waals surface area contributed by atoms with Gasteiger partial charge in [0.25, 0.3) is 0 Å². The predicted octanol–water partition coefficient (Wildman–Crippen LogP) is 0.653. The van der Waals surface area contributed by atoms with E-state index in [1.807, 2.05) is 25.8 Å². The summed E-state index contributed by atoms with van der Waals surface area (Å²) in [6.45, 7) is 5.44. The molecule has 6 heteroatoms. The lowest BCUT2D eigenvalue weighted by Crippen LogP contribution is -2.46. The fourth-order valence-corrected chi connectivity index (χ4v) is 2.43. The summed E-state index contributed by atoms with van der Waals surface area (Å²) in [7, 11) is 1.92. The molecular weight excluding hydrogens is 244 g/mol. The van der Waals surface area contributed by atoms with Crippen LogP contribution in [0.3, 0.4) is 0 Å². The van der Waals surface area contributed by atoms with Gasteiger partial charge in [0.05, 0.1) is 5.60 Å². The van der Waals surface area contributed by atoms with Gasteiger partial charge in [-0.25, -0.2) is 9.97 Å². The fraction of sp³-hybridized carbons (Fsp3) is 0.692. The van der Waals surface area contributed by atoms with Crippen LogP contribution in [-0.2, 0) is 4.74 Å². The fourth-order valence-electron chi connectivity index (χ4n) is 2.43. The molecule has 1 aromatic heterocycles. The molecule has 0 aromatic carbocycles. The van der Waals surface area contributed by atoms with Crippen LogP contribution in [-0.4, -0.2) is 47.5 Å². The van der Waals surface area contributed by atoms with Crippen molar-refractivity contribution in [2.45, 2.75) is 32.3 Å². The molecule has 3 N–H and O–H groups in total. The number of aliphatic hydroxyl groups is 1. The van der Waals surface area contributed by atoms with E-state index in [0.717, 1.165) is 11.4 Å². The first-order chi connectivity index (χ1) is 8.91. The van der Waals surface area contributed by atoms with Crippen LogP contribution in [0.4, 0.5) is 11.6 Å². The van der Waals surface area contributed by atoms with E-state index in [-0.39, 0.29) is 0 Å². The Morgan fingerprint density at radius 3 is 2.58 bits per heavy atom. The maximum atomic E-state index is 10.5. The quantitative estimate of drug-likeness (QED) is 0.836. The molecule has 0 atom stereocenters. The Kier molecular flexibility index (Phi) is 3.91. The average Bonchev–Trinajstić information content (AvgIpc) is 2.34. The number of aryl methyl sites for hydroxylation is 1. The van der Waals surface area contributed by atoms with E-state index in [0.29, 0.717) is 44.2 Å². The molecule has 1 saturated heterocycles. The normalized spacial score (nSPS) is 18.3. The molecule has 0 amide bonds. The number of likely N-dealkylation sites (N-methyl/N-ethyl adjacent to an activating group) is 1. The third-order valence-corrected chi connectivity index (χ3v) is 3.59. The second-order valence-electron chi connectivity index (χ2n) is 5.30. The van der Waals surface area contributed by atoms with Gasteiger partial charge >= 0.3 is 0 Å². The van der Waals surface area contributed by atoms with Gasteiger partial charge in [-0.15, -0.1) is 0 Å². The van der Waals surface area contributed by atoms with Crippen LogP contribution in [0.15, 0.2) is 0 Å². The topological polar surface area (TPSA) is 84.5 Å². The van der Waals surface area contributed by atoms with Gasteiger partial charge in [0.1, 0.15) is 17.5 Å². The van der Waals surface area contributed by atoms with Gasteiger partial charge in [-0.05, 0) is 13.8 Å². The Morgan fingerprint density at radius 1 is 1.32 bits per heavy atom. The minimum atomic E-state index is -0.715. The zero-order valence-electron chi connectivity index (χ0n) is 11.8.